The standard InChI is InChI=1S/C9H11BrN2O.ClH/c10-9-2-1-7(5-12-9)8-6-13-4-3-11-8;/h1-2,5,8,11H,3-4,6H2;1H/t8-;/m0./s1. The Morgan fingerprint density at radius 1 is 1.50 bits per heavy atom. The molecule has 0 radical (unpaired) electrons. The molecule has 2 rings (SSSR count). The van der Waals surface area contributed by atoms with E-state index in [1.54, 1.807) is 0 Å². The molecule has 3 nitrogen and oxygen atoms in total. The number of nitrogens with one attached hydrogen (secondary N) is 1. The van der Waals surface area contributed by atoms with Gasteiger partial charge >= 0.3 is 0 Å². The second-order valence-corrected chi connectivity index (χ2v) is 3.81. The zero-order valence-corrected chi connectivity index (χ0v) is 9.97. The Hall–Kier alpha value is -0.160. The number of hydrogen-bond acceptors (Lipinski definition) is 3. The topological polar surface area (TPSA) is 34.1 Å². The van der Waals surface area contributed by atoms with Crippen LogP contribution in [0.5, 0.6) is 0 Å². The summed E-state index contributed by atoms with van der Waals surface area (Å²) in [5.74, 6) is 0. The van der Waals surface area contributed by atoms with E-state index in [4.69, 9.17) is 4.74 Å². The first kappa shape index (κ1) is 11.9. The van der Waals surface area contributed by atoms with Gasteiger partial charge in [-0.15, -0.1) is 12.4 Å². The lowest BCUT2D eigenvalue weighted by Crippen LogP contribution is -2.34. The molecule has 0 aliphatic carbocycles. The van der Waals surface area contributed by atoms with Crippen molar-refractivity contribution in [1.29, 1.82) is 0 Å². The molecule has 0 spiro atoms. The highest BCUT2D eigenvalue weighted by Crippen LogP contribution is 2.16. The number of morpholine rings is 1. The minimum atomic E-state index is 0. The van der Waals surface area contributed by atoms with Crippen LogP contribution in [-0.2, 0) is 4.74 Å². The summed E-state index contributed by atoms with van der Waals surface area (Å²) in [7, 11) is 0. The van der Waals surface area contributed by atoms with Crippen LogP contribution in [-0.4, -0.2) is 24.7 Å². The highest BCUT2D eigenvalue weighted by Gasteiger charge is 2.14. The largest absolute Gasteiger partial charge is 0.378 e. The van der Waals surface area contributed by atoms with Crippen LogP contribution in [0.3, 0.4) is 0 Å². The molecular formula is C9H12BrClN2O. The molecule has 1 N–H and O–H groups in total. The third kappa shape index (κ3) is 2.92. The Kier molecular flexibility index (Phi) is 4.81. The van der Waals surface area contributed by atoms with E-state index >= 15 is 0 Å². The number of pyridine rings is 1. The molecule has 0 amide bonds. The summed E-state index contributed by atoms with van der Waals surface area (Å²) >= 11 is 3.31. The van der Waals surface area contributed by atoms with Crippen molar-refractivity contribution in [2.45, 2.75) is 6.04 Å². The summed E-state index contributed by atoms with van der Waals surface area (Å²) < 4.78 is 6.23. The molecular weight excluding hydrogens is 267 g/mol. The maximum absolute atomic E-state index is 5.36. The lowest BCUT2D eigenvalue weighted by molar-refractivity contribution is 0.0768. The van der Waals surface area contributed by atoms with E-state index in [9.17, 15) is 0 Å². The predicted molar refractivity (Wildman–Crippen MR) is 60.7 cm³/mol. The zero-order valence-electron chi connectivity index (χ0n) is 7.57. The fraction of sp³-hybridized carbons (Fsp3) is 0.444. The smallest absolute Gasteiger partial charge is 0.106 e. The van der Waals surface area contributed by atoms with Crippen molar-refractivity contribution >= 4 is 28.3 Å². The van der Waals surface area contributed by atoms with Gasteiger partial charge in [0.1, 0.15) is 4.60 Å². The van der Waals surface area contributed by atoms with E-state index in [1.165, 1.54) is 5.56 Å². The van der Waals surface area contributed by atoms with Gasteiger partial charge in [-0.25, -0.2) is 4.98 Å². The molecule has 1 aliphatic heterocycles. The van der Waals surface area contributed by atoms with E-state index in [-0.39, 0.29) is 12.4 Å². The minimum Gasteiger partial charge on any atom is -0.378 e. The number of nitrogens with zero attached hydrogens (tertiary/aromatic N) is 1. The molecule has 14 heavy (non-hydrogen) atoms. The number of rotatable bonds is 1. The Bertz CT molecular complexity index is 275. The molecule has 2 heterocycles. The molecule has 5 heteroatoms. The van der Waals surface area contributed by atoms with Crippen LogP contribution in [0.1, 0.15) is 11.6 Å². The van der Waals surface area contributed by atoms with Gasteiger partial charge in [-0.1, -0.05) is 6.07 Å². The molecule has 1 atom stereocenters. The van der Waals surface area contributed by atoms with Gasteiger partial charge in [0.15, 0.2) is 0 Å². The SMILES string of the molecule is Brc1ccc([C@@H]2COCCN2)cn1.Cl. The van der Waals surface area contributed by atoms with E-state index in [1.807, 2.05) is 12.3 Å². The lowest BCUT2D eigenvalue weighted by Gasteiger charge is -2.23. The van der Waals surface area contributed by atoms with E-state index in [0.717, 1.165) is 24.4 Å². The van der Waals surface area contributed by atoms with Gasteiger partial charge in [-0.2, -0.15) is 0 Å². The summed E-state index contributed by atoms with van der Waals surface area (Å²) in [4.78, 5) is 4.18. The van der Waals surface area contributed by atoms with Gasteiger partial charge in [0, 0.05) is 12.7 Å². The van der Waals surface area contributed by atoms with E-state index < -0.39 is 0 Å². The van der Waals surface area contributed by atoms with Gasteiger partial charge in [-0.05, 0) is 27.6 Å². The van der Waals surface area contributed by atoms with Crippen molar-refractivity contribution in [3.05, 3.63) is 28.5 Å². The average Bonchev–Trinajstić information content (AvgIpc) is 2.20. The van der Waals surface area contributed by atoms with Gasteiger partial charge in [0.2, 0.25) is 0 Å². The Morgan fingerprint density at radius 3 is 2.93 bits per heavy atom. The fourth-order valence-electron chi connectivity index (χ4n) is 1.37. The maximum atomic E-state index is 5.36. The zero-order chi connectivity index (χ0) is 9.10. The van der Waals surface area contributed by atoms with Crippen LogP contribution >= 0.6 is 28.3 Å². The summed E-state index contributed by atoms with van der Waals surface area (Å²) in [5, 5.41) is 3.37. The first-order valence-electron chi connectivity index (χ1n) is 4.29. The minimum absolute atomic E-state index is 0. The molecule has 0 unspecified atom stereocenters. The third-order valence-corrected chi connectivity index (χ3v) is 2.54. The quantitative estimate of drug-likeness (QED) is 0.798. The van der Waals surface area contributed by atoms with E-state index in [0.29, 0.717) is 6.04 Å². The van der Waals surface area contributed by atoms with Gasteiger partial charge in [0.25, 0.3) is 0 Å². The molecule has 1 aromatic rings. The van der Waals surface area contributed by atoms with Crippen molar-refractivity contribution in [2.75, 3.05) is 19.8 Å². The van der Waals surface area contributed by atoms with Crippen molar-refractivity contribution in [3.63, 3.8) is 0 Å². The average molecular weight is 280 g/mol. The third-order valence-electron chi connectivity index (χ3n) is 2.07. The summed E-state index contributed by atoms with van der Waals surface area (Å²) in [5.41, 5.74) is 1.18. The number of aromatic nitrogens is 1. The highest BCUT2D eigenvalue weighted by atomic mass is 79.9. The second-order valence-electron chi connectivity index (χ2n) is 3.00. The summed E-state index contributed by atoms with van der Waals surface area (Å²) in [6, 6.07) is 4.31. The molecule has 0 bridgehead atoms. The van der Waals surface area contributed by atoms with Gasteiger partial charge in [0.05, 0.1) is 19.3 Å². The lowest BCUT2D eigenvalue weighted by atomic mass is 10.1. The van der Waals surface area contributed by atoms with Gasteiger partial charge in [-0.3, -0.25) is 0 Å². The van der Waals surface area contributed by atoms with Gasteiger partial charge < -0.3 is 10.1 Å². The number of halogens is 2. The maximum Gasteiger partial charge on any atom is 0.106 e. The molecule has 78 valence electrons. The Labute approximate surface area is 97.8 Å². The van der Waals surface area contributed by atoms with Crippen LogP contribution in [0.15, 0.2) is 22.9 Å². The number of hydrogen-bond donors (Lipinski definition) is 1. The Morgan fingerprint density at radius 2 is 2.36 bits per heavy atom. The Balaban J connectivity index is 0.000000980. The van der Waals surface area contributed by atoms with Crippen molar-refractivity contribution < 1.29 is 4.74 Å². The monoisotopic (exact) mass is 278 g/mol. The van der Waals surface area contributed by atoms with Crippen LogP contribution in [0.2, 0.25) is 0 Å². The van der Waals surface area contributed by atoms with Crippen LogP contribution < -0.4 is 5.32 Å². The summed E-state index contributed by atoms with van der Waals surface area (Å²) in [6.07, 6.45) is 1.87. The molecule has 0 aromatic carbocycles. The van der Waals surface area contributed by atoms with Crippen molar-refractivity contribution in [3.8, 4) is 0 Å². The highest BCUT2D eigenvalue weighted by molar-refractivity contribution is 9.10. The molecule has 1 fully saturated rings. The fourth-order valence-corrected chi connectivity index (χ4v) is 1.61. The molecule has 1 aromatic heterocycles. The van der Waals surface area contributed by atoms with Crippen LogP contribution in [0.25, 0.3) is 0 Å². The molecule has 1 aliphatic rings. The van der Waals surface area contributed by atoms with E-state index in [2.05, 4.69) is 32.3 Å². The predicted octanol–water partition coefficient (Wildman–Crippen LogP) is 1.93. The first-order chi connectivity index (χ1) is 6.36. The van der Waals surface area contributed by atoms with Crippen LogP contribution in [0, 0.1) is 0 Å². The van der Waals surface area contributed by atoms with Crippen molar-refractivity contribution in [2.24, 2.45) is 0 Å². The number of ether oxygens (including phenoxy) is 1. The normalized spacial score (nSPS) is 21.4. The first-order valence-corrected chi connectivity index (χ1v) is 5.08. The molecule has 0 saturated carbocycles. The molecule has 1 saturated heterocycles. The van der Waals surface area contributed by atoms with Crippen molar-refractivity contribution in [1.82, 2.24) is 10.3 Å². The second kappa shape index (κ2) is 5.66. The van der Waals surface area contributed by atoms with Crippen LogP contribution in [0.4, 0.5) is 0 Å². The summed E-state index contributed by atoms with van der Waals surface area (Å²) in [6.45, 7) is 2.46.